The molecule has 0 atom stereocenters. The molecule has 0 aliphatic rings. The first-order valence-corrected chi connectivity index (χ1v) is 2.78. The van der Waals surface area contributed by atoms with Crippen molar-refractivity contribution in [3.05, 3.63) is 0 Å². The van der Waals surface area contributed by atoms with E-state index in [1.165, 1.54) is 12.8 Å². The quantitative estimate of drug-likeness (QED) is 0.520. The van der Waals surface area contributed by atoms with Gasteiger partial charge in [0.2, 0.25) is 0 Å². The zero-order valence-electron chi connectivity index (χ0n) is 5.91. The van der Waals surface area contributed by atoms with Gasteiger partial charge in [-0.2, -0.15) is 0 Å². The van der Waals surface area contributed by atoms with Crippen LogP contribution in [0.3, 0.4) is 0 Å². The average Bonchev–Trinajstić information content (AvgIpc) is 1.88. The van der Waals surface area contributed by atoms with E-state index >= 15 is 0 Å². The van der Waals surface area contributed by atoms with Gasteiger partial charge in [0.25, 0.3) is 0 Å². The third-order valence-electron chi connectivity index (χ3n) is 0.702. The standard InChI is InChI=1S/C5H12O.CH3F/c1-3-4-5-6-2;1-2/h3-5H2,1-2H3;1H3. The molecule has 52 valence electrons. The normalized spacial score (nSPS) is 7.50. The van der Waals surface area contributed by atoms with E-state index in [4.69, 9.17) is 4.74 Å². The van der Waals surface area contributed by atoms with Crippen LogP contribution in [0, 0.1) is 0 Å². The highest BCUT2D eigenvalue weighted by atomic mass is 19.1. The molecule has 0 aromatic heterocycles. The second-order valence-electron chi connectivity index (χ2n) is 1.35. The van der Waals surface area contributed by atoms with E-state index in [2.05, 4.69) is 6.92 Å². The third kappa shape index (κ3) is 16.9. The van der Waals surface area contributed by atoms with Crippen LogP contribution < -0.4 is 0 Å². The van der Waals surface area contributed by atoms with Crippen molar-refractivity contribution in [2.24, 2.45) is 0 Å². The minimum Gasteiger partial charge on any atom is -0.385 e. The Hall–Kier alpha value is -0.110. The van der Waals surface area contributed by atoms with Gasteiger partial charge in [-0.15, -0.1) is 0 Å². The van der Waals surface area contributed by atoms with E-state index in [1.807, 2.05) is 0 Å². The first-order chi connectivity index (χ1) is 3.91. The highest BCUT2D eigenvalue weighted by molar-refractivity contribution is 4.26. The lowest BCUT2D eigenvalue weighted by molar-refractivity contribution is 0.194. The van der Waals surface area contributed by atoms with Crippen LogP contribution in [0.25, 0.3) is 0 Å². The fraction of sp³-hybridized carbons (Fsp3) is 1.00. The molecule has 0 amide bonds. The van der Waals surface area contributed by atoms with Crippen molar-refractivity contribution in [2.75, 3.05) is 20.9 Å². The Morgan fingerprint density at radius 3 is 2.00 bits per heavy atom. The summed E-state index contributed by atoms with van der Waals surface area (Å²) in [7, 11) is 2.23. The lowest BCUT2D eigenvalue weighted by Gasteiger charge is -1.89. The molecule has 0 bridgehead atoms. The molecule has 0 aliphatic carbocycles. The van der Waals surface area contributed by atoms with Gasteiger partial charge in [0.05, 0.1) is 7.18 Å². The summed E-state index contributed by atoms with van der Waals surface area (Å²) in [5, 5.41) is 0. The third-order valence-corrected chi connectivity index (χ3v) is 0.702. The van der Waals surface area contributed by atoms with Crippen molar-refractivity contribution in [1.82, 2.24) is 0 Å². The fourth-order valence-corrected chi connectivity index (χ4v) is 0.289. The van der Waals surface area contributed by atoms with Gasteiger partial charge in [-0.05, 0) is 6.42 Å². The molecule has 0 unspecified atom stereocenters. The Kier molecular flexibility index (Phi) is 21.3. The first kappa shape index (κ1) is 10.8. The number of methoxy groups -OCH3 is 1. The molecule has 0 N–H and O–H groups in total. The number of hydrogen-bond donors (Lipinski definition) is 0. The van der Waals surface area contributed by atoms with Crippen LogP contribution in [-0.2, 0) is 4.74 Å². The largest absolute Gasteiger partial charge is 0.385 e. The van der Waals surface area contributed by atoms with Crippen molar-refractivity contribution >= 4 is 0 Å². The molecule has 0 aromatic rings. The summed E-state index contributed by atoms with van der Waals surface area (Å²) in [6.45, 7) is 3.07. The maximum atomic E-state index is 9.50. The van der Waals surface area contributed by atoms with Crippen LogP contribution in [0.1, 0.15) is 19.8 Å². The zero-order valence-corrected chi connectivity index (χ0v) is 5.91. The van der Waals surface area contributed by atoms with E-state index in [0.29, 0.717) is 7.18 Å². The van der Waals surface area contributed by atoms with Crippen molar-refractivity contribution < 1.29 is 9.13 Å². The molecule has 2 heteroatoms. The van der Waals surface area contributed by atoms with Gasteiger partial charge in [0, 0.05) is 13.7 Å². The molecule has 0 heterocycles. The van der Waals surface area contributed by atoms with Gasteiger partial charge in [-0.3, -0.25) is 4.39 Å². The SMILES string of the molecule is CCCCOC.CF. The van der Waals surface area contributed by atoms with E-state index in [1.54, 1.807) is 7.11 Å². The lowest BCUT2D eigenvalue weighted by atomic mass is 10.4. The molecule has 0 rings (SSSR count). The molecule has 0 spiro atoms. The summed E-state index contributed by atoms with van der Waals surface area (Å²) in [5.74, 6) is 0. The molecule has 0 aromatic carbocycles. The first-order valence-electron chi connectivity index (χ1n) is 2.78. The molecule has 0 aliphatic heterocycles. The number of ether oxygens (including phenoxy) is 1. The summed E-state index contributed by atoms with van der Waals surface area (Å²) < 4.78 is 14.3. The predicted molar refractivity (Wildman–Crippen MR) is 33.8 cm³/mol. The van der Waals surface area contributed by atoms with E-state index in [9.17, 15) is 4.39 Å². The minimum absolute atomic E-state index is 0.500. The van der Waals surface area contributed by atoms with Gasteiger partial charge in [-0.25, -0.2) is 0 Å². The topological polar surface area (TPSA) is 9.23 Å². The van der Waals surface area contributed by atoms with Crippen LogP contribution in [0.2, 0.25) is 0 Å². The number of alkyl halides is 1. The van der Waals surface area contributed by atoms with Crippen LogP contribution in [0.4, 0.5) is 4.39 Å². The van der Waals surface area contributed by atoms with Crippen LogP contribution in [0.5, 0.6) is 0 Å². The summed E-state index contributed by atoms with van der Waals surface area (Å²) in [6.07, 6.45) is 2.42. The van der Waals surface area contributed by atoms with E-state index in [0.717, 1.165) is 6.61 Å². The van der Waals surface area contributed by atoms with Crippen molar-refractivity contribution in [1.29, 1.82) is 0 Å². The second kappa shape index (κ2) is 15.8. The summed E-state index contributed by atoms with van der Waals surface area (Å²) in [4.78, 5) is 0. The van der Waals surface area contributed by atoms with E-state index in [-0.39, 0.29) is 0 Å². The molecule has 8 heavy (non-hydrogen) atoms. The Balaban J connectivity index is 0. The van der Waals surface area contributed by atoms with Crippen LogP contribution in [-0.4, -0.2) is 20.9 Å². The summed E-state index contributed by atoms with van der Waals surface area (Å²) in [5.41, 5.74) is 0. The number of rotatable bonds is 3. The molecule has 0 radical (unpaired) electrons. The molecular formula is C6H15FO. The Morgan fingerprint density at radius 1 is 1.38 bits per heavy atom. The van der Waals surface area contributed by atoms with Gasteiger partial charge in [-0.1, -0.05) is 13.3 Å². The highest BCUT2D eigenvalue weighted by Gasteiger charge is 1.74. The Morgan fingerprint density at radius 2 is 1.88 bits per heavy atom. The summed E-state index contributed by atoms with van der Waals surface area (Å²) >= 11 is 0. The van der Waals surface area contributed by atoms with Gasteiger partial charge < -0.3 is 4.74 Å². The van der Waals surface area contributed by atoms with Crippen LogP contribution >= 0.6 is 0 Å². The number of halogens is 1. The average molecular weight is 122 g/mol. The Bertz CT molecular complexity index is 20.5. The predicted octanol–water partition coefficient (Wildman–Crippen LogP) is 2.02. The second-order valence-corrected chi connectivity index (χ2v) is 1.35. The zero-order chi connectivity index (χ0) is 6.83. The minimum atomic E-state index is 0.500. The highest BCUT2D eigenvalue weighted by Crippen LogP contribution is 1.83. The lowest BCUT2D eigenvalue weighted by Crippen LogP contribution is -1.84. The number of hydrogen-bond acceptors (Lipinski definition) is 1. The Labute approximate surface area is 50.8 Å². The molecule has 0 fully saturated rings. The fourth-order valence-electron chi connectivity index (χ4n) is 0.289. The smallest absolute Gasteiger partial charge is 0.0785 e. The molecule has 1 nitrogen and oxygen atoms in total. The van der Waals surface area contributed by atoms with E-state index < -0.39 is 0 Å². The maximum absolute atomic E-state index is 9.50. The maximum Gasteiger partial charge on any atom is 0.0785 e. The molecule has 0 saturated heterocycles. The van der Waals surface area contributed by atoms with Crippen molar-refractivity contribution in [3.63, 3.8) is 0 Å². The molecule has 0 saturated carbocycles. The van der Waals surface area contributed by atoms with Crippen LogP contribution in [0.15, 0.2) is 0 Å². The summed E-state index contributed by atoms with van der Waals surface area (Å²) in [6, 6.07) is 0. The number of unbranched alkanes of at least 4 members (excludes halogenated alkanes) is 1. The molecular weight excluding hydrogens is 107 g/mol. The van der Waals surface area contributed by atoms with Gasteiger partial charge >= 0.3 is 0 Å². The van der Waals surface area contributed by atoms with Crippen molar-refractivity contribution in [3.8, 4) is 0 Å². The van der Waals surface area contributed by atoms with Crippen molar-refractivity contribution in [2.45, 2.75) is 19.8 Å². The van der Waals surface area contributed by atoms with Gasteiger partial charge in [0.15, 0.2) is 0 Å². The van der Waals surface area contributed by atoms with Gasteiger partial charge in [0.1, 0.15) is 0 Å². The monoisotopic (exact) mass is 122 g/mol.